The van der Waals surface area contributed by atoms with E-state index in [1.54, 1.807) is 6.07 Å². The van der Waals surface area contributed by atoms with Crippen LogP contribution in [0, 0.1) is 13.8 Å². The monoisotopic (exact) mass is 294 g/mol. The maximum Gasteiger partial charge on any atom is 0.252 e. The molecule has 2 aromatic rings. The Morgan fingerprint density at radius 1 is 1.09 bits per heavy atom. The Morgan fingerprint density at radius 2 is 1.77 bits per heavy atom. The Kier molecular flexibility index (Phi) is 3.67. The number of carbonyl (C=O) groups is 2. The summed E-state index contributed by atoms with van der Waals surface area (Å²) < 4.78 is 0. The molecule has 1 heterocycles. The van der Waals surface area contributed by atoms with Crippen LogP contribution in [0.25, 0.3) is 0 Å². The summed E-state index contributed by atoms with van der Waals surface area (Å²) in [6.45, 7) is 3.91. The number of rotatable bonds is 2. The first-order valence-corrected chi connectivity index (χ1v) is 7.32. The van der Waals surface area contributed by atoms with Crippen LogP contribution in [-0.4, -0.2) is 17.9 Å². The predicted octanol–water partition coefficient (Wildman–Crippen LogP) is 2.60. The fraction of sp³-hybridized carbons (Fsp3) is 0.222. The fourth-order valence-corrected chi connectivity index (χ4v) is 2.81. The largest absolute Gasteiger partial charge is 0.340 e. The van der Waals surface area contributed by atoms with Gasteiger partial charge in [0.25, 0.3) is 5.91 Å². The molecule has 2 aromatic carbocycles. The molecular formula is C18H18N2O2. The van der Waals surface area contributed by atoms with Crippen molar-refractivity contribution >= 4 is 17.5 Å². The first-order chi connectivity index (χ1) is 10.6. The predicted molar refractivity (Wildman–Crippen MR) is 85.9 cm³/mol. The molecule has 0 aliphatic carbocycles. The van der Waals surface area contributed by atoms with E-state index in [0.717, 1.165) is 22.4 Å². The standard InChI is InChI=1S/C18H18N2O2/c1-11-6-5-7-12(2)16(11)20-18(22)15-10-13-8-3-4-9-14(13)17(21)19-15/h3-9,15H,10H2,1-2H3,(H,19,21)(H,20,22). The van der Waals surface area contributed by atoms with Crippen molar-refractivity contribution in [1.29, 1.82) is 0 Å². The maximum absolute atomic E-state index is 12.5. The van der Waals surface area contributed by atoms with Crippen molar-refractivity contribution in [2.75, 3.05) is 5.32 Å². The summed E-state index contributed by atoms with van der Waals surface area (Å²) in [5.41, 5.74) is 4.40. The Balaban J connectivity index is 1.81. The third-order valence-corrected chi connectivity index (χ3v) is 4.04. The Hall–Kier alpha value is -2.62. The summed E-state index contributed by atoms with van der Waals surface area (Å²) in [7, 11) is 0. The number of hydrogen-bond donors (Lipinski definition) is 2. The van der Waals surface area contributed by atoms with E-state index in [4.69, 9.17) is 0 Å². The molecular weight excluding hydrogens is 276 g/mol. The summed E-state index contributed by atoms with van der Waals surface area (Å²) in [6, 6.07) is 12.7. The Morgan fingerprint density at radius 3 is 2.50 bits per heavy atom. The van der Waals surface area contributed by atoms with Gasteiger partial charge in [-0.3, -0.25) is 9.59 Å². The molecule has 0 saturated carbocycles. The molecule has 0 spiro atoms. The van der Waals surface area contributed by atoms with Crippen LogP contribution in [0.3, 0.4) is 0 Å². The lowest BCUT2D eigenvalue weighted by atomic mass is 9.94. The molecule has 1 unspecified atom stereocenters. The van der Waals surface area contributed by atoms with Crippen molar-refractivity contribution in [1.82, 2.24) is 5.32 Å². The van der Waals surface area contributed by atoms with Crippen LogP contribution < -0.4 is 10.6 Å². The van der Waals surface area contributed by atoms with E-state index in [1.807, 2.05) is 50.2 Å². The van der Waals surface area contributed by atoms with Crippen LogP contribution in [0.4, 0.5) is 5.69 Å². The maximum atomic E-state index is 12.5. The zero-order valence-corrected chi connectivity index (χ0v) is 12.6. The van der Waals surface area contributed by atoms with E-state index in [2.05, 4.69) is 10.6 Å². The van der Waals surface area contributed by atoms with Gasteiger partial charge >= 0.3 is 0 Å². The van der Waals surface area contributed by atoms with Gasteiger partial charge in [-0.05, 0) is 36.6 Å². The average Bonchev–Trinajstić information content (AvgIpc) is 2.51. The zero-order valence-electron chi connectivity index (χ0n) is 12.6. The minimum Gasteiger partial charge on any atom is -0.340 e. The second kappa shape index (κ2) is 5.64. The summed E-state index contributed by atoms with van der Waals surface area (Å²) in [5, 5.41) is 5.73. The van der Waals surface area contributed by atoms with Gasteiger partial charge in [0.1, 0.15) is 6.04 Å². The third-order valence-electron chi connectivity index (χ3n) is 4.04. The van der Waals surface area contributed by atoms with Crippen LogP contribution in [0.1, 0.15) is 27.0 Å². The molecule has 1 aliphatic rings. The molecule has 0 aromatic heterocycles. The van der Waals surface area contributed by atoms with Gasteiger partial charge in [0.15, 0.2) is 0 Å². The average molecular weight is 294 g/mol. The van der Waals surface area contributed by atoms with Crippen molar-refractivity contribution in [3.8, 4) is 0 Å². The van der Waals surface area contributed by atoms with E-state index in [0.29, 0.717) is 12.0 Å². The zero-order chi connectivity index (χ0) is 15.7. The van der Waals surface area contributed by atoms with Gasteiger partial charge in [-0.2, -0.15) is 0 Å². The molecule has 4 heteroatoms. The highest BCUT2D eigenvalue weighted by Crippen LogP contribution is 2.21. The number of fused-ring (bicyclic) bond motifs is 1. The summed E-state index contributed by atoms with van der Waals surface area (Å²) in [5.74, 6) is -0.372. The highest BCUT2D eigenvalue weighted by atomic mass is 16.2. The van der Waals surface area contributed by atoms with Gasteiger partial charge in [-0.1, -0.05) is 36.4 Å². The number of benzene rings is 2. The molecule has 4 nitrogen and oxygen atoms in total. The Labute approximate surface area is 129 Å². The molecule has 2 amide bonds. The topological polar surface area (TPSA) is 58.2 Å². The fourth-order valence-electron chi connectivity index (χ4n) is 2.81. The van der Waals surface area contributed by atoms with Crippen LogP contribution in [0.15, 0.2) is 42.5 Å². The van der Waals surface area contributed by atoms with Crippen molar-refractivity contribution in [3.63, 3.8) is 0 Å². The van der Waals surface area contributed by atoms with Crippen molar-refractivity contribution in [2.24, 2.45) is 0 Å². The SMILES string of the molecule is Cc1cccc(C)c1NC(=O)C1Cc2ccccc2C(=O)N1. The lowest BCUT2D eigenvalue weighted by molar-refractivity contribution is -0.118. The van der Waals surface area contributed by atoms with Crippen LogP contribution in [0.2, 0.25) is 0 Å². The lowest BCUT2D eigenvalue weighted by Crippen LogP contribution is -2.48. The first kappa shape index (κ1) is 14.3. The number of carbonyl (C=O) groups excluding carboxylic acids is 2. The van der Waals surface area contributed by atoms with Crippen LogP contribution in [-0.2, 0) is 11.2 Å². The number of aryl methyl sites for hydroxylation is 2. The summed E-state index contributed by atoms with van der Waals surface area (Å²) >= 11 is 0. The van der Waals surface area contributed by atoms with Crippen molar-refractivity contribution in [2.45, 2.75) is 26.3 Å². The molecule has 1 aliphatic heterocycles. The number of anilines is 1. The molecule has 22 heavy (non-hydrogen) atoms. The second-order valence-corrected chi connectivity index (χ2v) is 5.64. The number of hydrogen-bond acceptors (Lipinski definition) is 2. The third kappa shape index (κ3) is 2.60. The summed E-state index contributed by atoms with van der Waals surface area (Å²) in [4.78, 5) is 24.6. The second-order valence-electron chi connectivity index (χ2n) is 5.64. The smallest absolute Gasteiger partial charge is 0.252 e. The molecule has 112 valence electrons. The molecule has 0 saturated heterocycles. The summed E-state index contributed by atoms with van der Waals surface area (Å²) in [6.07, 6.45) is 0.513. The normalized spacial score (nSPS) is 16.6. The molecule has 0 bridgehead atoms. The number of amides is 2. The number of para-hydroxylation sites is 1. The van der Waals surface area contributed by atoms with Crippen molar-refractivity contribution in [3.05, 3.63) is 64.7 Å². The Bertz CT molecular complexity index is 732. The van der Waals surface area contributed by atoms with Gasteiger partial charge in [-0.25, -0.2) is 0 Å². The lowest BCUT2D eigenvalue weighted by Gasteiger charge is -2.25. The van der Waals surface area contributed by atoms with Gasteiger partial charge < -0.3 is 10.6 Å². The van der Waals surface area contributed by atoms with E-state index < -0.39 is 6.04 Å². The van der Waals surface area contributed by atoms with Crippen LogP contribution >= 0.6 is 0 Å². The highest BCUT2D eigenvalue weighted by Gasteiger charge is 2.29. The van der Waals surface area contributed by atoms with E-state index >= 15 is 0 Å². The minimum absolute atomic E-state index is 0.180. The van der Waals surface area contributed by atoms with Gasteiger partial charge in [-0.15, -0.1) is 0 Å². The highest BCUT2D eigenvalue weighted by molar-refractivity contribution is 6.04. The first-order valence-electron chi connectivity index (χ1n) is 7.32. The van der Waals surface area contributed by atoms with Crippen molar-refractivity contribution < 1.29 is 9.59 Å². The number of nitrogens with one attached hydrogen (secondary N) is 2. The minimum atomic E-state index is -0.540. The van der Waals surface area contributed by atoms with E-state index in [1.165, 1.54) is 0 Å². The quantitative estimate of drug-likeness (QED) is 0.894. The molecule has 0 fully saturated rings. The van der Waals surface area contributed by atoms with E-state index in [-0.39, 0.29) is 11.8 Å². The molecule has 0 radical (unpaired) electrons. The van der Waals surface area contributed by atoms with Crippen LogP contribution in [0.5, 0.6) is 0 Å². The van der Waals surface area contributed by atoms with Gasteiger partial charge in [0, 0.05) is 17.7 Å². The van der Waals surface area contributed by atoms with Gasteiger partial charge in [0.05, 0.1) is 0 Å². The molecule has 2 N–H and O–H groups in total. The molecule has 1 atom stereocenters. The van der Waals surface area contributed by atoms with Gasteiger partial charge in [0.2, 0.25) is 5.91 Å². The molecule has 3 rings (SSSR count). The van der Waals surface area contributed by atoms with E-state index in [9.17, 15) is 9.59 Å².